The fourth-order valence-corrected chi connectivity index (χ4v) is 4.09. The van der Waals surface area contributed by atoms with E-state index >= 15 is 0 Å². The van der Waals surface area contributed by atoms with Crippen LogP contribution in [0.2, 0.25) is 0 Å². The molecule has 1 saturated carbocycles. The van der Waals surface area contributed by atoms with Gasteiger partial charge in [-0.1, -0.05) is 31.0 Å². The zero-order valence-electron chi connectivity index (χ0n) is 12.1. The normalized spacial score (nSPS) is 21.6. The molecular weight excluding hydrogens is 268 g/mol. The van der Waals surface area contributed by atoms with E-state index in [0.29, 0.717) is 12.0 Å². The Balaban J connectivity index is 1.53. The molecular formula is C15H22N4S. The van der Waals surface area contributed by atoms with Gasteiger partial charge in [0.2, 0.25) is 0 Å². The maximum atomic E-state index is 4.76. The molecule has 1 fully saturated rings. The Kier molecular flexibility index (Phi) is 4.24. The Morgan fingerprint density at radius 2 is 2.05 bits per heavy atom. The second-order valence-electron chi connectivity index (χ2n) is 5.97. The van der Waals surface area contributed by atoms with Crippen LogP contribution >= 0.6 is 11.8 Å². The summed E-state index contributed by atoms with van der Waals surface area (Å²) in [6.07, 6.45) is 10.5. The third-order valence-electron chi connectivity index (χ3n) is 4.24. The number of nitrogens with one attached hydrogen (secondary N) is 1. The van der Waals surface area contributed by atoms with Crippen LogP contribution in [0.4, 0.5) is 0 Å². The lowest BCUT2D eigenvalue weighted by atomic mass is 9.75. The van der Waals surface area contributed by atoms with Crippen LogP contribution in [0.15, 0.2) is 17.4 Å². The van der Waals surface area contributed by atoms with E-state index in [1.54, 1.807) is 0 Å². The molecule has 0 unspecified atom stereocenters. The summed E-state index contributed by atoms with van der Waals surface area (Å²) in [5.41, 5.74) is 2.42. The van der Waals surface area contributed by atoms with Gasteiger partial charge in [-0.25, -0.2) is 0 Å². The van der Waals surface area contributed by atoms with Crippen molar-refractivity contribution in [2.24, 2.45) is 10.4 Å². The second kappa shape index (κ2) is 6.12. The van der Waals surface area contributed by atoms with Crippen LogP contribution in [0.1, 0.15) is 43.5 Å². The lowest BCUT2D eigenvalue weighted by Crippen LogP contribution is -2.36. The highest BCUT2D eigenvalue weighted by Crippen LogP contribution is 2.41. The van der Waals surface area contributed by atoms with Crippen molar-refractivity contribution < 1.29 is 0 Å². The first kappa shape index (κ1) is 13.9. The first-order valence-corrected chi connectivity index (χ1v) is 8.43. The average Bonchev–Trinajstić information content (AvgIpc) is 2.49. The first-order chi connectivity index (χ1) is 9.76. The number of thioether (sulfide) groups is 1. The number of hydrogen-bond acceptors (Lipinski definition) is 5. The van der Waals surface area contributed by atoms with Crippen LogP contribution in [0.5, 0.6) is 0 Å². The van der Waals surface area contributed by atoms with Gasteiger partial charge >= 0.3 is 0 Å². The highest BCUT2D eigenvalue weighted by atomic mass is 32.2. The summed E-state index contributed by atoms with van der Waals surface area (Å²) in [5, 5.41) is 4.46. The van der Waals surface area contributed by atoms with Crippen molar-refractivity contribution in [3.8, 4) is 0 Å². The number of nitrogens with zero attached hydrogens (tertiary/aromatic N) is 3. The summed E-state index contributed by atoms with van der Waals surface area (Å²) in [6.45, 7) is 3.67. The molecule has 20 heavy (non-hydrogen) atoms. The van der Waals surface area contributed by atoms with E-state index in [4.69, 9.17) is 4.99 Å². The minimum atomic E-state index is 0.498. The molecule has 1 aromatic heterocycles. The number of aromatic nitrogens is 2. The van der Waals surface area contributed by atoms with E-state index in [-0.39, 0.29) is 0 Å². The standard InChI is InChI=1S/C15H22N4S/c1-12-7-17-13(8-16-12)9-18-14-19-10-15(11-20-14)5-3-2-4-6-15/h7-8H,2-6,9-11H2,1H3,(H,18,19). The van der Waals surface area contributed by atoms with Crippen molar-refractivity contribution in [2.75, 3.05) is 12.3 Å². The van der Waals surface area contributed by atoms with Gasteiger partial charge in [-0.2, -0.15) is 0 Å². The summed E-state index contributed by atoms with van der Waals surface area (Å²) < 4.78 is 0. The molecule has 0 atom stereocenters. The van der Waals surface area contributed by atoms with E-state index in [1.807, 2.05) is 31.1 Å². The Bertz CT molecular complexity index is 477. The molecule has 1 aliphatic heterocycles. The quantitative estimate of drug-likeness (QED) is 0.910. The van der Waals surface area contributed by atoms with Crippen molar-refractivity contribution in [3.05, 3.63) is 23.8 Å². The van der Waals surface area contributed by atoms with Gasteiger partial charge in [0.1, 0.15) is 0 Å². The minimum Gasteiger partial charge on any atom is -0.359 e. The molecule has 1 aliphatic carbocycles. The maximum absolute atomic E-state index is 4.76. The third kappa shape index (κ3) is 3.32. The minimum absolute atomic E-state index is 0.498. The fraction of sp³-hybridized carbons (Fsp3) is 0.667. The number of amidine groups is 1. The zero-order chi connectivity index (χ0) is 13.8. The molecule has 1 aromatic rings. The summed E-state index contributed by atoms with van der Waals surface area (Å²) in [5.74, 6) is 1.22. The predicted molar refractivity (Wildman–Crippen MR) is 83.9 cm³/mol. The third-order valence-corrected chi connectivity index (χ3v) is 5.55. The molecule has 0 amide bonds. The van der Waals surface area contributed by atoms with Crippen LogP contribution in [-0.2, 0) is 6.54 Å². The van der Waals surface area contributed by atoms with Gasteiger partial charge in [0, 0.05) is 18.5 Å². The second-order valence-corrected chi connectivity index (χ2v) is 6.94. The van der Waals surface area contributed by atoms with E-state index in [0.717, 1.165) is 23.1 Å². The molecule has 108 valence electrons. The molecule has 2 heterocycles. The lowest BCUT2D eigenvalue weighted by molar-refractivity contribution is 0.232. The summed E-state index contributed by atoms with van der Waals surface area (Å²) in [7, 11) is 0. The van der Waals surface area contributed by atoms with Gasteiger partial charge in [-0.05, 0) is 25.2 Å². The van der Waals surface area contributed by atoms with Gasteiger partial charge in [0.25, 0.3) is 0 Å². The van der Waals surface area contributed by atoms with Crippen molar-refractivity contribution in [1.29, 1.82) is 0 Å². The van der Waals surface area contributed by atoms with Crippen molar-refractivity contribution in [3.63, 3.8) is 0 Å². The van der Waals surface area contributed by atoms with Crippen molar-refractivity contribution in [2.45, 2.75) is 45.6 Å². The molecule has 0 radical (unpaired) electrons. The lowest BCUT2D eigenvalue weighted by Gasteiger charge is -2.38. The maximum Gasteiger partial charge on any atom is 0.156 e. The molecule has 0 saturated heterocycles. The Morgan fingerprint density at radius 3 is 2.70 bits per heavy atom. The van der Waals surface area contributed by atoms with Gasteiger partial charge in [0.05, 0.1) is 24.1 Å². The molecule has 2 aliphatic rings. The number of aliphatic imine (C=N–C) groups is 1. The van der Waals surface area contributed by atoms with Crippen LogP contribution < -0.4 is 5.32 Å². The van der Waals surface area contributed by atoms with Crippen LogP contribution in [0.3, 0.4) is 0 Å². The van der Waals surface area contributed by atoms with Crippen LogP contribution in [0, 0.1) is 12.3 Å². The highest BCUT2D eigenvalue weighted by molar-refractivity contribution is 8.13. The monoisotopic (exact) mass is 290 g/mol. The SMILES string of the molecule is Cc1cnc(CNC2=NCC3(CCCCC3)CS2)cn1. The molecule has 0 aromatic carbocycles. The topological polar surface area (TPSA) is 50.2 Å². The Hall–Kier alpha value is -1.10. The van der Waals surface area contributed by atoms with E-state index in [9.17, 15) is 0 Å². The molecule has 0 bridgehead atoms. The number of hydrogen-bond donors (Lipinski definition) is 1. The van der Waals surface area contributed by atoms with Crippen molar-refractivity contribution >= 4 is 16.9 Å². The fourth-order valence-electron chi connectivity index (χ4n) is 2.94. The first-order valence-electron chi connectivity index (χ1n) is 7.44. The van der Waals surface area contributed by atoms with Crippen LogP contribution in [0.25, 0.3) is 0 Å². The van der Waals surface area contributed by atoms with Crippen LogP contribution in [-0.4, -0.2) is 27.4 Å². The molecule has 1 N–H and O–H groups in total. The molecule has 3 rings (SSSR count). The molecule has 5 heteroatoms. The predicted octanol–water partition coefficient (Wildman–Crippen LogP) is 2.93. The Labute approximate surface area is 124 Å². The number of rotatable bonds is 2. The van der Waals surface area contributed by atoms with Gasteiger partial charge in [0.15, 0.2) is 5.17 Å². The largest absolute Gasteiger partial charge is 0.359 e. The summed E-state index contributed by atoms with van der Waals surface area (Å²) in [4.78, 5) is 13.4. The highest BCUT2D eigenvalue weighted by Gasteiger charge is 2.34. The average molecular weight is 290 g/mol. The Morgan fingerprint density at radius 1 is 1.20 bits per heavy atom. The number of aryl methyl sites for hydroxylation is 1. The van der Waals surface area contributed by atoms with E-state index in [2.05, 4.69) is 15.3 Å². The van der Waals surface area contributed by atoms with Crippen molar-refractivity contribution in [1.82, 2.24) is 15.3 Å². The summed E-state index contributed by atoms with van der Waals surface area (Å²) >= 11 is 1.88. The van der Waals surface area contributed by atoms with E-state index in [1.165, 1.54) is 37.9 Å². The molecule has 4 nitrogen and oxygen atoms in total. The molecule has 1 spiro atoms. The van der Waals surface area contributed by atoms with E-state index < -0.39 is 0 Å². The van der Waals surface area contributed by atoms with Gasteiger partial charge in [-0.15, -0.1) is 0 Å². The zero-order valence-corrected chi connectivity index (χ0v) is 12.9. The van der Waals surface area contributed by atoms with Gasteiger partial charge in [-0.3, -0.25) is 15.0 Å². The summed E-state index contributed by atoms with van der Waals surface area (Å²) in [6, 6.07) is 0. The van der Waals surface area contributed by atoms with Gasteiger partial charge < -0.3 is 5.32 Å². The smallest absolute Gasteiger partial charge is 0.156 e.